The van der Waals surface area contributed by atoms with E-state index >= 15 is 0 Å². The van der Waals surface area contributed by atoms with Crippen molar-refractivity contribution in [2.75, 3.05) is 13.2 Å². The maximum Gasteiger partial charge on any atom is 0.185 e. The van der Waals surface area contributed by atoms with Crippen molar-refractivity contribution >= 4 is 0 Å². The molecule has 0 aliphatic carbocycles. The Morgan fingerprint density at radius 3 is 2.65 bits per heavy atom. The molecule has 0 aromatic heterocycles. The van der Waals surface area contributed by atoms with Crippen LogP contribution < -0.4 is 0 Å². The van der Waals surface area contributed by atoms with E-state index in [-0.39, 0.29) is 12.6 Å². The van der Waals surface area contributed by atoms with E-state index in [1.807, 2.05) is 0 Å². The molecule has 7 atom stereocenters. The second kappa shape index (κ2) is 4.13. The van der Waals surface area contributed by atoms with Gasteiger partial charge in [-0.05, 0) is 6.42 Å². The van der Waals surface area contributed by atoms with Gasteiger partial charge in [0.2, 0.25) is 0 Å². The first-order chi connectivity index (χ1) is 8.13. The van der Waals surface area contributed by atoms with Gasteiger partial charge in [0, 0.05) is 6.54 Å². The number of hydrogen-bond acceptors (Lipinski definition) is 7. The van der Waals surface area contributed by atoms with E-state index in [9.17, 15) is 15.3 Å². The van der Waals surface area contributed by atoms with Crippen LogP contribution in [0.5, 0.6) is 0 Å². The number of aliphatic hydroxyl groups excluding tert-OH is 4. The Balaban J connectivity index is 1.83. The van der Waals surface area contributed by atoms with Crippen LogP contribution in [0.3, 0.4) is 0 Å². The standard InChI is InChI=1S/C10H17NO6/c12-3-5-8(14)9(15)6-7-4(13)1-2-11(7)17-10(6)16-5/h4-10,12-15H,1-3H2/t4-,5+,6+,7-,8+,9+,10+/m0/s1. The van der Waals surface area contributed by atoms with Crippen molar-refractivity contribution in [2.45, 2.75) is 43.2 Å². The van der Waals surface area contributed by atoms with Gasteiger partial charge >= 0.3 is 0 Å². The second-order valence-electron chi connectivity index (χ2n) is 4.88. The minimum Gasteiger partial charge on any atom is -0.394 e. The molecule has 0 spiro atoms. The molecule has 3 aliphatic heterocycles. The van der Waals surface area contributed by atoms with Crippen molar-refractivity contribution in [1.82, 2.24) is 5.06 Å². The Bertz CT molecular complexity index is 301. The van der Waals surface area contributed by atoms with E-state index in [0.717, 1.165) is 0 Å². The molecule has 0 aromatic carbocycles. The Morgan fingerprint density at radius 1 is 1.18 bits per heavy atom. The lowest BCUT2D eigenvalue weighted by atomic mass is 9.84. The summed E-state index contributed by atoms with van der Waals surface area (Å²) in [7, 11) is 0. The summed E-state index contributed by atoms with van der Waals surface area (Å²) in [6.07, 6.45) is -3.76. The number of hydroxylamine groups is 2. The highest BCUT2D eigenvalue weighted by Crippen LogP contribution is 2.42. The van der Waals surface area contributed by atoms with Gasteiger partial charge < -0.3 is 25.2 Å². The minimum absolute atomic E-state index is 0.343. The van der Waals surface area contributed by atoms with Crippen molar-refractivity contribution in [3.05, 3.63) is 0 Å². The molecule has 0 saturated carbocycles. The van der Waals surface area contributed by atoms with Gasteiger partial charge in [0.15, 0.2) is 6.29 Å². The average molecular weight is 247 g/mol. The molecule has 7 heteroatoms. The molecule has 3 saturated heterocycles. The Morgan fingerprint density at radius 2 is 1.94 bits per heavy atom. The molecule has 0 bridgehead atoms. The van der Waals surface area contributed by atoms with Gasteiger partial charge in [0.05, 0.1) is 30.8 Å². The summed E-state index contributed by atoms with van der Waals surface area (Å²) in [6, 6.07) is -0.343. The number of rotatable bonds is 1. The van der Waals surface area contributed by atoms with Crippen LogP contribution in [0.4, 0.5) is 0 Å². The topological polar surface area (TPSA) is 103 Å². The smallest absolute Gasteiger partial charge is 0.185 e. The highest BCUT2D eigenvalue weighted by atomic mass is 16.8. The van der Waals surface area contributed by atoms with Crippen LogP contribution in [0.15, 0.2) is 0 Å². The van der Waals surface area contributed by atoms with Gasteiger partial charge in [-0.15, -0.1) is 0 Å². The summed E-state index contributed by atoms with van der Waals surface area (Å²) in [4.78, 5) is 5.48. The number of nitrogens with zero attached hydrogens (tertiary/aromatic N) is 1. The van der Waals surface area contributed by atoms with Crippen LogP contribution in [0.25, 0.3) is 0 Å². The lowest BCUT2D eigenvalue weighted by molar-refractivity contribution is -0.297. The molecule has 3 aliphatic rings. The fourth-order valence-corrected chi connectivity index (χ4v) is 3.04. The number of ether oxygens (including phenoxy) is 1. The van der Waals surface area contributed by atoms with E-state index in [1.165, 1.54) is 0 Å². The highest BCUT2D eigenvalue weighted by Gasteiger charge is 2.58. The van der Waals surface area contributed by atoms with Gasteiger partial charge in [-0.1, -0.05) is 0 Å². The predicted octanol–water partition coefficient (Wildman–Crippen LogP) is -2.58. The van der Waals surface area contributed by atoms with Crippen molar-refractivity contribution in [3.63, 3.8) is 0 Å². The van der Waals surface area contributed by atoms with E-state index in [4.69, 9.17) is 14.7 Å². The highest BCUT2D eigenvalue weighted by molar-refractivity contribution is 5.02. The molecule has 3 rings (SSSR count). The van der Waals surface area contributed by atoms with Crippen molar-refractivity contribution in [3.8, 4) is 0 Å². The molecule has 17 heavy (non-hydrogen) atoms. The first-order valence-electron chi connectivity index (χ1n) is 5.87. The summed E-state index contributed by atoms with van der Waals surface area (Å²) in [6.45, 7) is 0.201. The fraction of sp³-hybridized carbons (Fsp3) is 1.00. The van der Waals surface area contributed by atoms with Gasteiger partial charge in [-0.25, -0.2) is 0 Å². The van der Waals surface area contributed by atoms with Crippen molar-refractivity contribution < 1.29 is 30.0 Å². The molecule has 0 radical (unpaired) electrons. The van der Waals surface area contributed by atoms with Gasteiger partial charge in [-0.2, -0.15) is 5.06 Å². The summed E-state index contributed by atoms with van der Waals surface area (Å²) in [5.74, 6) is -0.481. The molecule has 3 heterocycles. The monoisotopic (exact) mass is 247 g/mol. The molecular formula is C10H17NO6. The lowest BCUT2D eigenvalue weighted by Gasteiger charge is -2.39. The molecule has 7 nitrogen and oxygen atoms in total. The van der Waals surface area contributed by atoms with E-state index in [0.29, 0.717) is 13.0 Å². The third kappa shape index (κ3) is 1.62. The molecule has 98 valence electrons. The Labute approximate surface area is 98.1 Å². The average Bonchev–Trinajstić information content (AvgIpc) is 2.84. The van der Waals surface area contributed by atoms with Gasteiger partial charge in [0.1, 0.15) is 12.2 Å². The van der Waals surface area contributed by atoms with Crippen LogP contribution in [0, 0.1) is 5.92 Å². The molecule has 3 fully saturated rings. The quantitative estimate of drug-likeness (QED) is 0.403. The van der Waals surface area contributed by atoms with Crippen LogP contribution in [-0.2, 0) is 9.57 Å². The van der Waals surface area contributed by atoms with Gasteiger partial charge in [-0.3, -0.25) is 4.84 Å². The molecule has 0 unspecified atom stereocenters. The number of fused-ring (bicyclic) bond motifs is 3. The van der Waals surface area contributed by atoms with Crippen molar-refractivity contribution in [2.24, 2.45) is 5.92 Å². The Kier molecular flexibility index (Phi) is 2.86. The van der Waals surface area contributed by atoms with Crippen LogP contribution in [0.2, 0.25) is 0 Å². The van der Waals surface area contributed by atoms with E-state index in [2.05, 4.69) is 0 Å². The first kappa shape index (κ1) is 11.8. The molecule has 0 aromatic rings. The van der Waals surface area contributed by atoms with Crippen LogP contribution in [0.1, 0.15) is 6.42 Å². The third-order valence-corrected chi connectivity index (χ3v) is 3.93. The lowest BCUT2D eigenvalue weighted by Crippen LogP contribution is -2.57. The minimum atomic E-state index is -1.16. The molecule has 4 N–H and O–H groups in total. The maximum atomic E-state index is 10.1. The maximum absolute atomic E-state index is 10.1. The van der Waals surface area contributed by atoms with Crippen LogP contribution in [-0.4, -0.2) is 75.4 Å². The SMILES string of the molecule is OC[C@H]1O[C@@H]2ON3CC[C@H](O)[C@H]3[C@@H]2[C@@H](O)[C@@H]1O. The third-order valence-electron chi connectivity index (χ3n) is 3.93. The summed E-state index contributed by atoms with van der Waals surface area (Å²) in [5.41, 5.74) is 0. The second-order valence-corrected chi connectivity index (χ2v) is 4.88. The summed E-state index contributed by atoms with van der Waals surface area (Å²) < 4.78 is 5.39. The summed E-state index contributed by atoms with van der Waals surface area (Å²) >= 11 is 0. The summed E-state index contributed by atoms with van der Waals surface area (Å²) in [5, 5.41) is 40.3. The van der Waals surface area contributed by atoms with Gasteiger partial charge in [0.25, 0.3) is 0 Å². The van der Waals surface area contributed by atoms with E-state index < -0.39 is 36.6 Å². The largest absolute Gasteiger partial charge is 0.394 e. The Hall–Kier alpha value is -0.280. The zero-order valence-electron chi connectivity index (χ0n) is 9.22. The predicted molar refractivity (Wildman–Crippen MR) is 53.5 cm³/mol. The molecular weight excluding hydrogens is 230 g/mol. The molecule has 0 amide bonds. The fourth-order valence-electron chi connectivity index (χ4n) is 3.04. The van der Waals surface area contributed by atoms with E-state index in [1.54, 1.807) is 5.06 Å². The number of aliphatic hydroxyl groups is 4. The zero-order valence-corrected chi connectivity index (χ0v) is 9.22. The van der Waals surface area contributed by atoms with Crippen LogP contribution >= 0.6 is 0 Å². The zero-order chi connectivity index (χ0) is 12.2. The first-order valence-corrected chi connectivity index (χ1v) is 5.87. The normalized spacial score (nSPS) is 54.7. The van der Waals surface area contributed by atoms with Crippen molar-refractivity contribution in [1.29, 1.82) is 0 Å². The number of hydrogen-bond donors (Lipinski definition) is 4.